The fourth-order valence-electron chi connectivity index (χ4n) is 3.44. The lowest BCUT2D eigenvalue weighted by atomic mass is 10.0. The van der Waals surface area contributed by atoms with E-state index in [9.17, 15) is 0 Å². The average molecular weight is 339 g/mol. The van der Waals surface area contributed by atoms with Crippen LogP contribution in [0, 0.1) is 0 Å². The van der Waals surface area contributed by atoms with Gasteiger partial charge >= 0.3 is 0 Å². The highest BCUT2D eigenvalue weighted by atomic mass is 16.5. The molecule has 0 saturated carbocycles. The molecule has 1 N–H and O–H groups in total. The lowest BCUT2D eigenvalue weighted by Gasteiger charge is -2.16. The Morgan fingerprint density at radius 3 is 2.36 bits per heavy atom. The predicted octanol–water partition coefficient (Wildman–Crippen LogP) is 3.85. The van der Waals surface area contributed by atoms with Gasteiger partial charge in [-0.25, -0.2) is 0 Å². The molecular weight excluding hydrogens is 314 g/mol. The molecule has 4 nitrogen and oxygen atoms in total. The van der Waals surface area contributed by atoms with Crippen LogP contribution in [0.1, 0.15) is 37.0 Å². The monoisotopic (exact) mass is 339 g/mol. The Morgan fingerprint density at radius 2 is 1.56 bits per heavy atom. The summed E-state index contributed by atoms with van der Waals surface area (Å²) in [5.41, 5.74) is 3.71. The summed E-state index contributed by atoms with van der Waals surface area (Å²) >= 11 is 0. The van der Waals surface area contributed by atoms with E-state index in [0.29, 0.717) is 0 Å². The predicted molar refractivity (Wildman–Crippen MR) is 97.4 cm³/mol. The Morgan fingerprint density at radius 1 is 0.880 bits per heavy atom. The number of benzene rings is 2. The highest BCUT2D eigenvalue weighted by molar-refractivity contribution is 5.44. The number of fused-ring (bicyclic) bond motifs is 2. The fraction of sp³-hybridized carbons (Fsp3) is 0.429. The van der Waals surface area contributed by atoms with Crippen molar-refractivity contribution in [3.05, 3.63) is 53.1 Å². The van der Waals surface area contributed by atoms with E-state index in [2.05, 4.69) is 49.5 Å². The third kappa shape index (κ3) is 3.74. The molecule has 0 bridgehead atoms. The largest absolute Gasteiger partial charge is 0.490 e. The molecule has 0 spiro atoms. The quantitative estimate of drug-likeness (QED) is 0.918. The molecule has 2 aromatic carbocycles. The highest BCUT2D eigenvalue weighted by Crippen LogP contribution is 2.35. The van der Waals surface area contributed by atoms with Gasteiger partial charge in [0.1, 0.15) is 11.4 Å². The molecule has 2 aromatic rings. The average Bonchev–Trinajstić information content (AvgIpc) is 2.74. The Hall–Kier alpha value is -2.20. The smallest absolute Gasteiger partial charge is 0.161 e. The van der Waals surface area contributed by atoms with E-state index in [1.54, 1.807) is 0 Å². The van der Waals surface area contributed by atoms with Gasteiger partial charge in [-0.2, -0.15) is 0 Å². The van der Waals surface area contributed by atoms with Crippen molar-refractivity contribution in [2.75, 3.05) is 13.2 Å². The molecule has 0 amide bonds. The summed E-state index contributed by atoms with van der Waals surface area (Å²) in [7, 11) is 0. The van der Waals surface area contributed by atoms with E-state index in [-0.39, 0.29) is 5.60 Å². The number of nitrogens with one attached hydrogen (secondary N) is 1. The van der Waals surface area contributed by atoms with Crippen LogP contribution >= 0.6 is 0 Å². The van der Waals surface area contributed by atoms with Crippen molar-refractivity contribution >= 4 is 0 Å². The molecule has 0 saturated heterocycles. The van der Waals surface area contributed by atoms with Gasteiger partial charge in [-0.05, 0) is 48.7 Å². The number of hydrogen-bond acceptors (Lipinski definition) is 4. The molecule has 0 aromatic heterocycles. The second kappa shape index (κ2) is 6.60. The number of rotatable bonds is 4. The maximum atomic E-state index is 5.94. The van der Waals surface area contributed by atoms with Gasteiger partial charge in [0.15, 0.2) is 11.5 Å². The van der Waals surface area contributed by atoms with Crippen molar-refractivity contribution in [2.24, 2.45) is 0 Å². The molecule has 2 aliphatic rings. The zero-order valence-corrected chi connectivity index (χ0v) is 14.9. The SMILES string of the molecule is CC1(C)Cc2cc(CNCc3ccc4c(c3)OCCCO4)ccc2O1. The van der Waals surface area contributed by atoms with Crippen LogP contribution in [-0.4, -0.2) is 18.8 Å². The van der Waals surface area contributed by atoms with Gasteiger partial charge in [0, 0.05) is 25.9 Å². The van der Waals surface area contributed by atoms with Gasteiger partial charge in [-0.3, -0.25) is 0 Å². The molecule has 0 atom stereocenters. The van der Waals surface area contributed by atoms with Gasteiger partial charge in [-0.15, -0.1) is 0 Å². The van der Waals surface area contributed by atoms with E-state index >= 15 is 0 Å². The third-order valence-electron chi connectivity index (χ3n) is 4.60. The molecule has 4 heteroatoms. The second-order valence-corrected chi connectivity index (χ2v) is 7.42. The van der Waals surface area contributed by atoms with Crippen LogP contribution in [0.2, 0.25) is 0 Å². The summed E-state index contributed by atoms with van der Waals surface area (Å²) in [6, 6.07) is 12.7. The van der Waals surface area contributed by atoms with Crippen LogP contribution in [0.5, 0.6) is 17.2 Å². The van der Waals surface area contributed by atoms with Crippen LogP contribution in [0.25, 0.3) is 0 Å². The van der Waals surface area contributed by atoms with Crippen LogP contribution < -0.4 is 19.5 Å². The number of ether oxygens (including phenoxy) is 3. The van der Waals surface area contributed by atoms with Crippen molar-refractivity contribution in [3.63, 3.8) is 0 Å². The first-order chi connectivity index (χ1) is 12.1. The maximum Gasteiger partial charge on any atom is 0.161 e. The molecule has 2 aliphatic heterocycles. The van der Waals surface area contributed by atoms with E-state index < -0.39 is 0 Å². The summed E-state index contributed by atoms with van der Waals surface area (Å²) in [5.74, 6) is 2.73. The zero-order chi connectivity index (χ0) is 17.3. The first kappa shape index (κ1) is 16.3. The summed E-state index contributed by atoms with van der Waals surface area (Å²) < 4.78 is 17.4. The van der Waals surface area contributed by atoms with Crippen molar-refractivity contribution in [1.29, 1.82) is 0 Å². The normalized spacial score (nSPS) is 17.5. The molecule has 0 unspecified atom stereocenters. The topological polar surface area (TPSA) is 39.7 Å². The van der Waals surface area contributed by atoms with Crippen molar-refractivity contribution in [3.8, 4) is 17.2 Å². The first-order valence-electron chi connectivity index (χ1n) is 8.99. The van der Waals surface area contributed by atoms with E-state index in [4.69, 9.17) is 14.2 Å². The minimum atomic E-state index is -0.0850. The molecule has 132 valence electrons. The summed E-state index contributed by atoms with van der Waals surface area (Å²) in [5, 5.41) is 3.52. The Bertz CT molecular complexity index is 770. The minimum absolute atomic E-state index is 0.0850. The van der Waals surface area contributed by atoms with Gasteiger partial charge < -0.3 is 19.5 Å². The first-order valence-corrected chi connectivity index (χ1v) is 8.99. The van der Waals surface area contributed by atoms with Gasteiger partial charge in [0.25, 0.3) is 0 Å². The molecule has 4 rings (SSSR count). The fourth-order valence-corrected chi connectivity index (χ4v) is 3.44. The van der Waals surface area contributed by atoms with E-state index in [0.717, 1.165) is 56.4 Å². The summed E-state index contributed by atoms with van der Waals surface area (Å²) in [6.45, 7) is 7.35. The molecule has 25 heavy (non-hydrogen) atoms. The van der Waals surface area contributed by atoms with E-state index in [1.165, 1.54) is 16.7 Å². The molecule has 2 heterocycles. The third-order valence-corrected chi connectivity index (χ3v) is 4.60. The molecular formula is C21H25NO3. The lowest BCUT2D eigenvalue weighted by molar-refractivity contribution is 0.138. The highest BCUT2D eigenvalue weighted by Gasteiger charge is 2.29. The second-order valence-electron chi connectivity index (χ2n) is 7.42. The van der Waals surface area contributed by atoms with Crippen molar-refractivity contribution < 1.29 is 14.2 Å². The molecule has 0 radical (unpaired) electrons. The maximum absolute atomic E-state index is 5.94. The van der Waals surface area contributed by atoms with Crippen LogP contribution in [0.4, 0.5) is 0 Å². The van der Waals surface area contributed by atoms with Gasteiger partial charge in [0.05, 0.1) is 13.2 Å². The van der Waals surface area contributed by atoms with Crippen LogP contribution in [0.15, 0.2) is 36.4 Å². The Labute approximate surface area is 149 Å². The van der Waals surface area contributed by atoms with Crippen molar-refractivity contribution in [2.45, 2.75) is 45.4 Å². The molecule has 0 fully saturated rings. The molecule has 0 aliphatic carbocycles. The van der Waals surface area contributed by atoms with Gasteiger partial charge in [0.2, 0.25) is 0 Å². The summed E-state index contributed by atoms with van der Waals surface area (Å²) in [4.78, 5) is 0. The minimum Gasteiger partial charge on any atom is -0.490 e. The number of hydrogen-bond donors (Lipinski definition) is 1. The zero-order valence-electron chi connectivity index (χ0n) is 14.9. The van der Waals surface area contributed by atoms with Crippen LogP contribution in [-0.2, 0) is 19.5 Å². The van der Waals surface area contributed by atoms with Crippen LogP contribution in [0.3, 0.4) is 0 Å². The van der Waals surface area contributed by atoms with Gasteiger partial charge in [-0.1, -0.05) is 18.2 Å². The van der Waals surface area contributed by atoms with E-state index in [1.807, 2.05) is 6.07 Å². The Kier molecular flexibility index (Phi) is 4.30. The Balaban J connectivity index is 1.36. The lowest BCUT2D eigenvalue weighted by Crippen LogP contribution is -2.24. The summed E-state index contributed by atoms with van der Waals surface area (Å²) in [6.07, 6.45) is 1.90. The van der Waals surface area contributed by atoms with Crippen molar-refractivity contribution in [1.82, 2.24) is 5.32 Å². The standard InChI is InChI=1S/C21H25NO3/c1-21(2)12-17-10-15(4-6-18(17)25-21)13-22-14-16-5-7-19-20(11-16)24-9-3-8-23-19/h4-7,10-11,22H,3,8-9,12-14H2,1-2H3.